The summed E-state index contributed by atoms with van der Waals surface area (Å²) in [7, 11) is 0. The standard InChI is InChI=1S/C21H18ClFN6O2S/c1-11-4-3-5-12(8-11)19-26-20(31-28-19)17-18(24)29(27-21(17)32-2)10-16(30)25-13-6-7-15(23)14(22)9-13/h3-9H,10,24H2,1-2H3,(H,25,30). The summed E-state index contributed by atoms with van der Waals surface area (Å²) in [4.78, 5) is 16.9. The quantitative estimate of drug-likeness (QED) is 0.393. The molecule has 4 rings (SSSR count). The Kier molecular flexibility index (Phi) is 6.15. The van der Waals surface area contributed by atoms with E-state index >= 15 is 0 Å². The molecule has 0 aliphatic carbocycles. The highest BCUT2D eigenvalue weighted by molar-refractivity contribution is 7.98. The molecular formula is C21H18ClFN6O2S. The zero-order valence-corrected chi connectivity index (χ0v) is 18.7. The number of halogens is 2. The molecule has 0 fully saturated rings. The molecule has 32 heavy (non-hydrogen) atoms. The van der Waals surface area contributed by atoms with Gasteiger partial charge in [-0.05, 0) is 37.4 Å². The Balaban J connectivity index is 1.58. The predicted molar refractivity (Wildman–Crippen MR) is 122 cm³/mol. The lowest BCUT2D eigenvalue weighted by molar-refractivity contribution is -0.116. The van der Waals surface area contributed by atoms with Crippen LogP contribution >= 0.6 is 23.4 Å². The van der Waals surface area contributed by atoms with Crippen LogP contribution in [0.2, 0.25) is 5.02 Å². The average Bonchev–Trinajstić information content (AvgIpc) is 3.35. The summed E-state index contributed by atoms with van der Waals surface area (Å²) in [5, 5.41) is 11.5. The fourth-order valence-electron chi connectivity index (χ4n) is 3.05. The zero-order chi connectivity index (χ0) is 22.8. The highest BCUT2D eigenvalue weighted by atomic mass is 35.5. The molecule has 2 aromatic heterocycles. The first kappa shape index (κ1) is 21.8. The Morgan fingerprint density at radius 3 is 2.84 bits per heavy atom. The Hall–Kier alpha value is -3.37. The molecule has 0 aliphatic heterocycles. The minimum atomic E-state index is -0.570. The van der Waals surface area contributed by atoms with Gasteiger partial charge in [0.25, 0.3) is 5.89 Å². The monoisotopic (exact) mass is 472 g/mol. The lowest BCUT2D eigenvalue weighted by Crippen LogP contribution is -2.20. The molecule has 8 nitrogen and oxygen atoms in total. The number of amides is 1. The van der Waals surface area contributed by atoms with Crippen LogP contribution in [0, 0.1) is 12.7 Å². The average molecular weight is 473 g/mol. The molecule has 0 radical (unpaired) electrons. The number of nitrogen functional groups attached to an aromatic ring is 1. The van der Waals surface area contributed by atoms with Crippen molar-refractivity contribution in [1.29, 1.82) is 0 Å². The summed E-state index contributed by atoms with van der Waals surface area (Å²) in [6, 6.07) is 11.6. The predicted octanol–water partition coefficient (Wildman–Crippen LogP) is 4.64. The van der Waals surface area contributed by atoms with Gasteiger partial charge >= 0.3 is 0 Å². The van der Waals surface area contributed by atoms with Crippen LogP contribution in [-0.2, 0) is 11.3 Å². The topological polar surface area (TPSA) is 112 Å². The van der Waals surface area contributed by atoms with Crippen molar-refractivity contribution in [2.24, 2.45) is 0 Å². The maximum atomic E-state index is 13.3. The lowest BCUT2D eigenvalue weighted by atomic mass is 10.1. The normalized spacial score (nSPS) is 11.0. The van der Waals surface area contributed by atoms with Crippen molar-refractivity contribution in [2.75, 3.05) is 17.3 Å². The first-order valence-electron chi connectivity index (χ1n) is 9.42. The molecule has 0 aliphatic rings. The van der Waals surface area contributed by atoms with Crippen LogP contribution in [0.1, 0.15) is 5.56 Å². The van der Waals surface area contributed by atoms with Gasteiger partial charge < -0.3 is 15.6 Å². The number of nitrogens with one attached hydrogen (secondary N) is 1. The number of aromatic nitrogens is 4. The van der Waals surface area contributed by atoms with Crippen molar-refractivity contribution in [1.82, 2.24) is 19.9 Å². The van der Waals surface area contributed by atoms with E-state index in [2.05, 4.69) is 20.6 Å². The number of aryl methyl sites for hydroxylation is 1. The number of hydrogen-bond acceptors (Lipinski definition) is 7. The Labute approximate surface area is 191 Å². The molecule has 2 aromatic carbocycles. The molecule has 3 N–H and O–H groups in total. The number of thioether (sulfide) groups is 1. The van der Waals surface area contributed by atoms with Crippen LogP contribution in [0.15, 0.2) is 52.0 Å². The Bertz CT molecular complexity index is 1310. The van der Waals surface area contributed by atoms with Crippen LogP contribution in [0.3, 0.4) is 0 Å². The summed E-state index contributed by atoms with van der Waals surface area (Å²) in [6.07, 6.45) is 1.83. The van der Waals surface area contributed by atoms with Crippen LogP contribution in [0.25, 0.3) is 22.8 Å². The van der Waals surface area contributed by atoms with Crippen LogP contribution in [0.5, 0.6) is 0 Å². The van der Waals surface area contributed by atoms with E-state index in [-0.39, 0.29) is 23.3 Å². The van der Waals surface area contributed by atoms with Gasteiger partial charge in [0.2, 0.25) is 11.7 Å². The number of carbonyl (C=O) groups excluding carboxylic acids is 1. The molecule has 2 heterocycles. The van der Waals surface area contributed by atoms with E-state index in [1.54, 1.807) is 0 Å². The van der Waals surface area contributed by atoms with E-state index in [0.717, 1.165) is 11.1 Å². The van der Waals surface area contributed by atoms with E-state index in [0.29, 0.717) is 22.1 Å². The number of carbonyl (C=O) groups is 1. The van der Waals surface area contributed by atoms with Gasteiger partial charge in [0, 0.05) is 11.3 Å². The van der Waals surface area contributed by atoms with E-state index in [9.17, 15) is 9.18 Å². The first-order chi connectivity index (χ1) is 15.4. The van der Waals surface area contributed by atoms with Gasteiger partial charge in [0.05, 0.1) is 5.02 Å². The third-order valence-electron chi connectivity index (χ3n) is 4.57. The number of hydrogen-bond donors (Lipinski definition) is 2. The second kappa shape index (κ2) is 9.01. The molecule has 0 unspecified atom stereocenters. The van der Waals surface area contributed by atoms with Gasteiger partial charge in [-0.2, -0.15) is 10.1 Å². The summed E-state index contributed by atoms with van der Waals surface area (Å²) < 4.78 is 20.1. The second-order valence-corrected chi connectivity index (χ2v) is 8.10. The van der Waals surface area contributed by atoms with Crippen molar-refractivity contribution in [3.8, 4) is 22.8 Å². The SMILES string of the molecule is CSc1nn(CC(=O)Nc2ccc(F)c(Cl)c2)c(N)c1-c1nc(-c2cccc(C)c2)no1. The fourth-order valence-corrected chi connectivity index (χ4v) is 3.81. The van der Waals surface area contributed by atoms with Crippen LogP contribution < -0.4 is 11.1 Å². The van der Waals surface area contributed by atoms with Crippen molar-refractivity contribution in [2.45, 2.75) is 18.5 Å². The summed E-state index contributed by atoms with van der Waals surface area (Å²) >= 11 is 7.10. The van der Waals surface area contributed by atoms with E-state index < -0.39 is 11.7 Å². The minimum absolute atomic E-state index is 0.0887. The number of anilines is 2. The number of nitrogens with two attached hydrogens (primary N) is 1. The first-order valence-corrected chi connectivity index (χ1v) is 11.0. The zero-order valence-electron chi connectivity index (χ0n) is 17.1. The molecule has 0 spiro atoms. The molecule has 0 saturated heterocycles. The maximum absolute atomic E-state index is 13.3. The molecule has 0 saturated carbocycles. The molecule has 4 aromatic rings. The van der Waals surface area contributed by atoms with Crippen LogP contribution in [0.4, 0.5) is 15.9 Å². The van der Waals surface area contributed by atoms with E-state index in [1.165, 1.54) is 34.6 Å². The highest BCUT2D eigenvalue weighted by Gasteiger charge is 2.24. The van der Waals surface area contributed by atoms with Crippen LogP contribution in [-0.4, -0.2) is 32.1 Å². The molecule has 0 atom stereocenters. The Morgan fingerprint density at radius 2 is 2.12 bits per heavy atom. The molecule has 11 heteroatoms. The smallest absolute Gasteiger partial charge is 0.264 e. The van der Waals surface area contributed by atoms with Crippen molar-refractivity contribution < 1.29 is 13.7 Å². The third kappa shape index (κ3) is 4.46. The summed E-state index contributed by atoms with van der Waals surface area (Å²) in [6.45, 7) is 1.80. The van der Waals surface area contributed by atoms with Gasteiger partial charge in [-0.3, -0.25) is 4.79 Å². The van der Waals surface area contributed by atoms with E-state index in [4.69, 9.17) is 21.9 Å². The fraction of sp³-hybridized carbons (Fsp3) is 0.143. The van der Waals surface area contributed by atoms with Gasteiger partial charge in [0.15, 0.2) is 0 Å². The maximum Gasteiger partial charge on any atom is 0.264 e. The lowest BCUT2D eigenvalue weighted by Gasteiger charge is -2.07. The summed E-state index contributed by atoms with van der Waals surface area (Å²) in [5.74, 6) is -0.137. The van der Waals surface area contributed by atoms with Crippen molar-refractivity contribution in [3.05, 3.63) is 58.9 Å². The third-order valence-corrected chi connectivity index (χ3v) is 5.53. The van der Waals surface area contributed by atoms with E-state index in [1.807, 2.05) is 37.4 Å². The number of benzene rings is 2. The highest BCUT2D eigenvalue weighted by Crippen LogP contribution is 2.35. The van der Waals surface area contributed by atoms with Gasteiger partial charge in [-0.1, -0.05) is 40.5 Å². The minimum Gasteiger partial charge on any atom is -0.383 e. The molecule has 1 amide bonds. The summed E-state index contributed by atoms with van der Waals surface area (Å²) in [5.41, 5.74) is 8.98. The van der Waals surface area contributed by atoms with Crippen molar-refractivity contribution >= 4 is 40.8 Å². The largest absolute Gasteiger partial charge is 0.383 e. The van der Waals surface area contributed by atoms with Gasteiger partial charge in [-0.15, -0.1) is 11.8 Å². The number of rotatable bonds is 6. The second-order valence-electron chi connectivity index (χ2n) is 6.90. The molecular weight excluding hydrogens is 455 g/mol. The Morgan fingerprint density at radius 1 is 1.31 bits per heavy atom. The number of nitrogens with zero attached hydrogens (tertiary/aromatic N) is 4. The molecule has 0 bridgehead atoms. The molecule has 164 valence electrons. The van der Waals surface area contributed by atoms with Gasteiger partial charge in [-0.25, -0.2) is 9.07 Å². The van der Waals surface area contributed by atoms with Crippen molar-refractivity contribution in [3.63, 3.8) is 0 Å². The van der Waals surface area contributed by atoms with Gasteiger partial charge in [0.1, 0.15) is 28.8 Å².